The number of aromatic amines is 1. The maximum atomic E-state index is 8.62. The van der Waals surface area contributed by atoms with E-state index in [0.29, 0.717) is 19.0 Å². The molecule has 0 saturated carbocycles. The van der Waals surface area contributed by atoms with Gasteiger partial charge >= 0.3 is 0 Å². The normalized spacial score (nSPS) is 14.0. The summed E-state index contributed by atoms with van der Waals surface area (Å²) in [7, 11) is 1.69. The molecule has 0 aliphatic carbocycles. The van der Waals surface area contributed by atoms with Gasteiger partial charge in [-0.25, -0.2) is 4.98 Å². The van der Waals surface area contributed by atoms with Gasteiger partial charge in [0.15, 0.2) is 0 Å². The molecule has 2 aromatic carbocycles. The van der Waals surface area contributed by atoms with Crippen molar-refractivity contribution in [3.63, 3.8) is 0 Å². The first-order chi connectivity index (χ1) is 15.2. The van der Waals surface area contributed by atoms with E-state index in [9.17, 15) is 0 Å². The van der Waals surface area contributed by atoms with Crippen molar-refractivity contribution in [1.29, 1.82) is 5.41 Å². The number of amidine groups is 1. The number of fused-ring (bicyclic) bond motifs is 1. The van der Waals surface area contributed by atoms with Gasteiger partial charge in [0.1, 0.15) is 17.2 Å². The minimum absolute atomic E-state index is 0.538. The van der Waals surface area contributed by atoms with Crippen LogP contribution in [0.4, 0.5) is 0 Å². The number of aromatic nitrogens is 2. The van der Waals surface area contributed by atoms with Gasteiger partial charge < -0.3 is 19.4 Å². The van der Waals surface area contributed by atoms with Crippen LogP contribution < -0.4 is 4.74 Å². The number of hydrogen-bond donors (Lipinski definition) is 2. The Morgan fingerprint density at radius 1 is 1.03 bits per heavy atom. The van der Waals surface area contributed by atoms with E-state index in [1.807, 2.05) is 42.7 Å². The molecule has 0 bridgehead atoms. The molecule has 31 heavy (non-hydrogen) atoms. The van der Waals surface area contributed by atoms with Crippen LogP contribution in [-0.4, -0.2) is 54.1 Å². The first-order valence-corrected chi connectivity index (χ1v) is 10.4. The highest BCUT2D eigenvalue weighted by Gasteiger charge is 2.16. The molecule has 2 aromatic heterocycles. The Labute approximate surface area is 181 Å². The number of para-hydroxylation sites is 1. The molecular formula is C25H24N4O2. The zero-order valence-electron chi connectivity index (χ0n) is 17.4. The van der Waals surface area contributed by atoms with Crippen molar-refractivity contribution in [3.05, 3.63) is 72.6 Å². The molecule has 3 heterocycles. The first-order valence-electron chi connectivity index (χ1n) is 10.4. The molecule has 0 atom stereocenters. The lowest BCUT2D eigenvalue weighted by Crippen LogP contribution is -2.40. The van der Waals surface area contributed by atoms with Gasteiger partial charge in [-0.2, -0.15) is 0 Å². The lowest BCUT2D eigenvalue weighted by Gasteiger charge is -2.29. The summed E-state index contributed by atoms with van der Waals surface area (Å²) >= 11 is 0. The Morgan fingerprint density at radius 2 is 1.87 bits per heavy atom. The van der Waals surface area contributed by atoms with Crippen LogP contribution in [0, 0.1) is 5.41 Å². The van der Waals surface area contributed by atoms with Gasteiger partial charge in [-0.3, -0.25) is 5.41 Å². The molecule has 0 spiro atoms. The number of hydrogen-bond acceptors (Lipinski definition) is 4. The van der Waals surface area contributed by atoms with Crippen molar-refractivity contribution in [1.82, 2.24) is 14.9 Å². The highest BCUT2D eigenvalue weighted by Crippen LogP contribution is 2.36. The fourth-order valence-electron chi connectivity index (χ4n) is 4.07. The molecule has 6 heteroatoms. The minimum Gasteiger partial charge on any atom is -0.496 e. The van der Waals surface area contributed by atoms with Crippen molar-refractivity contribution in [2.45, 2.75) is 0 Å². The zero-order valence-corrected chi connectivity index (χ0v) is 17.4. The highest BCUT2D eigenvalue weighted by atomic mass is 16.5. The number of nitrogens with zero attached hydrogens (tertiary/aromatic N) is 2. The lowest BCUT2D eigenvalue weighted by atomic mass is 10.00. The van der Waals surface area contributed by atoms with Crippen LogP contribution in [-0.2, 0) is 4.74 Å². The average molecular weight is 412 g/mol. The van der Waals surface area contributed by atoms with E-state index in [2.05, 4.69) is 39.1 Å². The predicted molar refractivity (Wildman–Crippen MR) is 123 cm³/mol. The third-order valence-corrected chi connectivity index (χ3v) is 5.72. The van der Waals surface area contributed by atoms with Gasteiger partial charge in [-0.05, 0) is 23.8 Å². The fourth-order valence-corrected chi connectivity index (χ4v) is 4.07. The molecule has 0 amide bonds. The van der Waals surface area contributed by atoms with E-state index >= 15 is 0 Å². The number of H-pyrrole nitrogens is 1. The monoisotopic (exact) mass is 412 g/mol. The maximum absolute atomic E-state index is 8.62. The van der Waals surface area contributed by atoms with Crippen LogP contribution in [0.15, 0.2) is 67.0 Å². The number of rotatable bonds is 4. The second kappa shape index (κ2) is 8.24. The molecule has 1 saturated heterocycles. The molecule has 156 valence electrons. The summed E-state index contributed by atoms with van der Waals surface area (Å²) in [5.74, 6) is 1.37. The molecule has 0 unspecified atom stereocenters. The summed E-state index contributed by atoms with van der Waals surface area (Å²) in [6.07, 6.45) is 3.85. The average Bonchev–Trinajstić information content (AvgIpc) is 3.27. The smallest absolute Gasteiger partial charge is 0.137 e. The van der Waals surface area contributed by atoms with Gasteiger partial charge in [0.25, 0.3) is 0 Å². The molecule has 4 aromatic rings. The van der Waals surface area contributed by atoms with Crippen molar-refractivity contribution in [2.24, 2.45) is 0 Å². The van der Waals surface area contributed by atoms with Crippen LogP contribution in [0.2, 0.25) is 0 Å². The molecule has 2 N–H and O–H groups in total. The quantitative estimate of drug-likeness (QED) is 0.381. The van der Waals surface area contributed by atoms with Gasteiger partial charge in [-0.1, -0.05) is 36.4 Å². The zero-order chi connectivity index (χ0) is 21.2. The van der Waals surface area contributed by atoms with Crippen LogP contribution >= 0.6 is 0 Å². The van der Waals surface area contributed by atoms with Crippen molar-refractivity contribution < 1.29 is 9.47 Å². The summed E-state index contributed by atoms with van der Waals surface area (Å²) in [6, 6.07) is 18.3. The molecule has 0 radical (unpaired) electrons. The van der Waals surface area contributed by atoms with E-state index in [0.717, 1.165) is 57.7 Å². The van der Waals surface area contributed by atoms with Gasteiger partial charge in [-0.15, -0.1) is 0 Å². The van der Waals surface area contributed by atoms with E-state index in [1.54, 1.807) is 7.11 Å². The summed E-state index contributed by atoms with van der Waals surface area (Å²) in [5.41, 5.74) is 5.87. The van der Waals surface area contributed by atoms with Crippen molar-refractivity contribution >= 4 is 16.9 Å². The number of benzene rings is 2. The lowest BCUT2D eigenvalue weighted by molar-refractivity contribution is 0.0680. The molecule has 6 nitrogen and oxygen atoms in total. The second-order valence-corrected chi connectivity index (χ2v) is 7.55. The van der Waals surface area contributed by atoms with E-state index in [1.165, 1.54) is 0 Å². The number of morpholine rings is 1. The molecular weight excluding hydrogens is 388 g/mol. The fraction of sp³-hybridized carbons (Fsp3) is 0.200. The summed E-state index contributed by atoms with van der Waals surface area (Å²) in [6.45, 7) is 2.84. The Balaban J connectivity index is 1.53. The Morgan fingerprint density at radius 3 is 2.71 bits per heavy atom. The van der Waals surface area contributed by atoms with Gasteiger partial charge in [0.05, 0.1) is 20.3 Å². The number of methoxy groups -OCH3 is 1. The molecule has 1 aliphatic rings. The summed E-state index contributed by atoms with van der Waals surface area (Å²) < 4.78 is 11.0. The van der Waals surface area contributed by atoms with Gasteiger partial charge in [0.2, 0.25) is 0 Å². The summed E-state index contributed by atoms with van der Waals surface area (Å²) in [5, 5.41) is 9.65. The van der Waals surface area contributed by atoms with E-state index in [-0.39, 0.29) is 0 Å². The number of pyridine rings is 1. The maximum Gasteiger partial charge on any atom is 0.137 e. The van der Waals surface area contributed by atoms with Crippen molar-refractivity contribution in [2.75, 3.05) is 33.4 Å². The van der Waals surface area contributed by atoms with Crippen LogP contribution in [0.1, 0.15) is 5.56 Å². The number of ether oxygens (including phenoxy) is 2. The largest absolute Gasteiger partial charge is 0.496 e. The van der Waals surface area contributed by atoms with Gasteiger partial charge in [0, 0.05) is 53.1 Å². The topological polar surface area (TPSA) is 74.2 Å². The predicted octanol–water partition coefficient (Wildman–Crippen LogP) is 4.56. The second-order valence-electron chi connectivity index (χ2n) is 7.55. The molecule has 1 aliphatic heterocycles. The minimum atomic E-state index is 0.538. The Kier molecular flexibility index (Phi) is 5.14. The SMILES string of the molecule is COc1ccccc1-c1c[nH]c2ncc(-c3cccc(C(=N)N4CCOCC4)c3)cc12. The van der Waals surface area contributed by atoms with Crippen molar-refractivity contribution in [3.8, 4) is 28.0 Å². The Bertz CT molecular complexity index is 1240. The molecule has 1 fully saturated rings. The molecule has 5 rings (SSSR count). The van der Waals surface area contributed by atoms with E-state index in [4.69, 9.17) is 14.9 Å². The standard InChI is InChI=1S/C25H24N4O2/c1-30-23-8-3-2-7-20(23)22-16-28-25-21(22)14-19(15-27-25)17-5-4-6-18(13-17)24(26)29-9-11-31-12-10-29/h2-8,13-16,26H,9-12H2,1H3,(H,27,28). The third-order valence-electron chi connectivity index (χ3n) is 5.72. The van der Waals surface area contributed by atoms with Crippen LogP contribution in [0.3, 0.4) is 0 Å². The summed E-state index contributed by atoms with van der Waals surface area (Å²) in [4.78, 5) is 9.98. The third kappa shape index (κ3) is 3.66. The number of nitrogens with one attached hydrogen (secondary N) is 2. The highest BCUT2D eigenvalue weighted by molar-refractivity contribution is 5.99. The van der Waals surface area contributed by atoms with Crippen LogP contribution in [0.25, 0.3) is 33.3 Å². The Hall–Kier alpha value is -3.64. The van der Waals surface area contributed by atoms with E-state index < -0.39 is 0 Å². The van der Waals surface area contributed by atoms with Crippen LogP contribution in [0.5, 0.6) is 5.75 Å². The first kappa shape index (κ1) is 19.3.